The molecule has 0 radical (unpaired) electrons. The maximum Gasteiger partial charge on any atom is 0.257 e. The molecule has 2 rings (SSSR count). The van der Waals surface area contributed by atoms with Gasteiger partial charge in [-0.3, -0.25) is 4.79 Å². The molecule has 1 aliphatic heterocycles. The minimum atomic E-state index is 0.0995. The number of piperidine rings is 1. The van der Waals surface area contributed by atoms with Crippen LogP contribution in [-0.2, 0) is 0 Å². The lowest BCUT2D eigenvalue weighted by atomic mass is 9.91. The fourth-order valence-electron chi connectivity index (χ4n) is 2.92. The molecule has 1 aromatic rings. The lowest BCUT2D eigenvalue weighted by Gasteiger charge is -2.35. The Morgan fingerprint density at radius 3 is 2.53 bits per heavy atom. The summed E-state index contributed by atoms with van der Waals surface area (Å²) in [6.07, 6.45) is 1.21. The fourth-order valence-corrected chi connectivity index (χ4v) is 2.92. The van der Waals surface area contributed by atoms with Gasteiger partial charge >= 0.3 is 0 Å². The second-order valence-corrected chi connectivity index (χ2v) is 5.59. The topological polar surface area (TPSA) is 29.5 Å². The van der Waals surface area contributed by atoms with Crippen molar-refractivity contribution in [1.29, 1.82) is 0 Å². The summed E-state index contributed by atoms with van der Waals surface area (Å²) in [4.78, 5) is 14.6. The van der Waals surface area contributed by atoms with Gasteiger partial charge in [0.25, 0.3) is 5.91 Å². The number of hydrogen-bond donors (Lipinski definition) is 0. The van der Waals surface area contributed by atoms with Crippen molar-refractivity contribution in [3.05, 3.63) is 29.8 Å². The Balaban J connectivity index is 2.19. The van der Waals surface area contributed by atoms with Crippen LogP contribution in [0, 0.1) is 11.8 Å². The molecule has 3 nitrogen and oxygen atoms in total. The molecule has 1 aromatic carbocycles. The molecule has 1 heterocycles. The third-order valence-corrected chi connectivity index (χ3v) is 3.57. The Labute approximate surface area is 115 Å². The van der Waals surface area contributed by atoms with E-state index >= 15 is 0 Å². The number of amides is 1. The van der Waals surface area contributed by atoms with Gasteiger partial charge in [-0.25, -0.2) is 0 Å². The van der Waals surface area contributed by atoms with Crippen molar-refractivity contribution in [2.75, 3.05) is 19.7 Å². The van der Waals surface area contributed by atoms with Crippen LogP contribution in [0.15, 0.2) is 24.3 Å². The highest BCUT2D eigenvalue weighted by atomic mass is 16.5. The minimum Gasteiger partial charge on any atom is -0.493 e. The summed E-state index contributed by atoms with van der Waals surface area (Å²) in [7, 11) is 0. The average Bonchev–Trinajstić information content (AvgIpc) is 2.38. The van der Waals surface area contributed by atoms with E-state index in [2.05, 4.69) is 13.8 Å². The molecule has 0 N–H and O–H groups in total. The summed E-state index contributed by atoms with van der Waals surface area (Å²) < 4.78 is 5.56. The van der Waals surface area contributed by atoms with E-state index in [4.69, 9.17) is 4.74 Å². The van der Waals surface area contributed by atoms with Crippen molar-refractivity contribution in [3.8, 4) is 5.75 Å². The molecule has 19 heavy (non-hydrogen) atoms. The van der Waals surface area contributed by atoms with E-state index in [9.17, 15) is 4.79 Å². The number of para-hydroxylation sites is 1. The van der Waals surface area contributed by atoms with Gasteiger partial charge in [-0.15, -0.1) is 0 Å². The zero-order valence-corrected chi connectivity index (χ0v) is 12.1. The van der Waals surface area contributed by atoms with Crippen LogP contribution < -0.4 is 4.74 Å². The molecule has 3 heteroatoms. The van der Waals surface area contributed by atoms with Crippen LogP contribution in [0.5, 0.6) is 5.75 Å². The number of hydrogen-bond acceptors (Lipinski definition) is 2. The van der Waals surface area contributed by atoms with Gasteiger partial charge in [0.05, 0.1) is 12.2 Å². The Bertz CT molecular complexity index is 434. The van der Waals surface area contributed by atoms with E-state index in [0.717, 1.165) is 13.1 Å². The zero-order valence-electron chi connectivity index (χ0n) is 12.1. The number of ether oxygens (including phenoxy) is 1. The lowest BCUT2D eigenvalue weighted by molar-refractivity contribution is 0.0619. The van der Waals surface area contributed by atoms with Crippen LogP contribution in [0.3, 0.4) is 0 Å². The van der Waals surface area contributed by atoms with Crippen LogP contribution in [0.4, 0.5) is 0 Å². The smallest absolute Gasteiger partial charge is 0.257 e. The number of likely N-dealkylation sites (tertiary alicyclic amines) is 1. The first-order chi connectivity index (χ1) is 9.11. The molecule has 0 unspecified atom stereocenters. The van der Waals surface area contributed by atoms with Crippen molar-refractivity contribution in [2.24, 2.45) is 11.8 Å². The minimum absolute atomic E-state index is 0.0995. The number of rotatable bonds is 3. The molecule has 0 bridgehead atoms. The molecule has 1 fully saturated rings. The summed E-state index contributed by atoms with van der Waals surface area (Å²) in [6.45, 7) is 8.64. The molecule has 0 aliphatic carbocycles. The summed E-state index contributed by atoms with van der Waals surface area (Å²) in [5, 5.41) is 0. The van der Waals surface area contributed by atoms with E-state index in [1.54, 1.807) is 0 Å². The number of nitrogens with zero attached hydrogens (tertiary/aromatic N) is 1. The molecular weight excluding hydrogens is 238 g/mol. The number of carbonyl (C=O) groups is 1. The summed E-state index contributed by atoms with van der Waals surface area (Å²) in [5.41, 5.74) is 0.686. The average molecular weight is 261 g/mol. The summed E-state index contributed by atoms with van der Waals surface area (Å²) in [6, 6.07) is 7.53. The van der Waals surface area contributed by atoms with Crippen molar-refractivity contribution in [2.45, 2.75) is 27.2 Å². The van der Waals surface area contributed by atoms with Gasteiger partial charge in [-0.05, 0) is 37.3 Å². The fraction of sp³-hybridized carbons (Fsp3) is 0.562. The van der Waals surface area contributed by atoms with Crippen LogP contribution in [-0.4, -0.2) is 30.5 Å². The van der Waals surface area contributed by atoms with Crippen LogP contribution >= 0.6 is 0 Å². The quantitative estimate of drug-likeness (QED) is 0.836. The first-order valence-electron chi connectivity index (χ1n) is 7.13. The lowest BCUT2D eigenvalue weighted by Crippen LogP contribution is -2.42. The highest BCUT2D eigenvalue weighted by Crippen LogP contribution is 2.25. The Morgan fingerprint density at radius 2 is 1.89 bits per heavy atom. The zero-order chi connectivity index (χ0) is 13.8. The van der Waals surface area contributed by atoms with Gasteiger partial charge in [0, 0.05) is 13.1 Å². The molecule has 0 saturated carbocycles. The summed E-state index contributed by atoms with van der Waals surface area (Å²) in [5.74, 6) is 1.95. The Kier molecular flexibility index (Phi) is 4.46. The molecule has 0 spiro atoms. The molecule has 1 amide bonds. The third-order valence-electron chi connectivity index (χ3n) is 3.57. The summed E-state index contributed by atoms with van der Waals surface area (Å²) >= 11 is 0. The van der Waals surface area contributed by atoms with Crippen LogP contribution in [0.25, 0.3) is 0 Å². The first kappa shape index (κ1) is 13.9. The predicted octanol–water partition coefficient (Wildman–Crippen LogP) is 3.20. The third kappa shape index (κ3) is 3.28. The second-order valence-electron chi connectivity index (χ2n) is 5.59. The van der Waals surface area contributed by atoms with E-state index in [-0.39, 0.29) is 5.91 Å². The van der Waals surface area contributed by atoms with Gasteiger partial charge < -0.3 is 9.64 Å². The monoisotopic (exact) mass is 261 g/mol. The SMILES string of the molecule is CCOc1ccccc1C(=O)N1C[C@H](C)C[C@@H](C)C1. The Morgan fingerprint density at radius 1 is 1.26 bits per heavy atom. The number of carbonyl (C=O) groups excluding carboxylic acids is 1. The predicted molar refractivity (Wildman–Crippen MR) is 76.5 cm³/mol. The Hall–Kier alpha value is -1.51. The highest BCUT2D eigenvalue weighted by molar-refractivity contribution is 5.97. The van der Waals surface area contributed by atoms with E-state index in [0.29, 0.717) is 29.8 Å². The van der Waals surface area contributed by atoms with Crippen LogP contribution in [0.1, 0.15) is 37.6 Å². The van der Waals surface area contributed by atoms with Gasteiger partial charge in [0.1, 0.15) is 5.75 Å². The molecular formula is C16H23NO2. The number of benzene rings is 1. The maximum atomic E-state index is 12.6. The van der Waals surface area contributed by atoms with Crippen LogP contribution in [0.2, 0.25) is 0 Å². The largest absolute Gasteiger partial charge is 0.493 e. The van der Waals surface area contributed by atoms with Gasteiger partial charge in [0.2, 0.25) is 0 Å². The van der Waals surface area contributed by atoms with Crippen molar-refractivity contribution >= 4 is 5.91 Å². The van der Waals surface area contributed by atoms with E-state index in [1.165, 1.54) is 6.42 Å². The molecule has 0 aromatic heterocycles. The van der Waals surface area contributed by atoms with Gasteiger partial charge in [-0.2, -0.15) is 0 Å². The van der Waals surface area contributed by atoms with Gasteiger partial charge in [-0.1, -0.05) is 26.0 Å². The van der Waals surface area contributed by atoms with Gasteiger partial charge in [0.15, 0.2) is 0 Å². The molecule has 1 saturated heterocycles. The maximum absolute atomic E-state index is 12.6. The first-order valence-corrected chi connectivity index (χ1v) is 7.13. The van der Waals surface area contributed by atoms with Crippen molar-refractivity contribution in [1.82, 2.24) is 4.90 Å². The van der Waals surface area contributed by atoms with E-state index in [1.807, 2.05) is 36.1 Å². The van der Waals surface area contributed by atoms with E-state index < -0.39 is 0 Å². The highest BCUT2D eigenvalue weighted by Gasteiger charge is 2.27. The van der Waals surface area contributed by atoms with Crippen molar-refractivity contribution in [3.63, 3.8) is 0 Å². The normalized spacial score (nSPS) is 23.2. The molecule has 2 atom stereocenters. The second kappa shape index (κ2) is 6.09. The standard InChI is InChI=1S/C16H23NO2/c1-4-19-15-8-6-5-7-14(15)16(18)17-10-12(2)9-13(3)11-17/h5-8,12-13H,4,9-11H2,1-3H3/t12-,13-/m1/s1. The molecule has 104 valence electrons. The van der Waals surface area contributed by atoms with Crippen molar-refractivity contribution < 1.29 is 9.53 Å². The molecule has 1 aliphatic rings.